The lowest BCUT2D eigenvalue weighted by atomic mass is 9.97. The molecule has 4 aromatic rings. The lowest BCUT2D eigenvalue weighted by Gasteiger charge is -2.09. The molecule has 158 valence electrons. The van der Waals surface area contributed by atoms with Crippen molar-refractivity contribution < 1.29 is 13.5 Å². The normalized spacial score (nSPS) is 11.2. The van der Waals surface area contributed by atoms with Crippen molar-refractivity contribution in [3.63, 3.8) is 0 Å². The molecule has 0 aromatic heterocycles. The lowest BCUT2D eigenvalue weighted by molar-refractivity contribution is 0.185. The molecule has 0 aliphatic rings. The van der Waals surface area contributed by atoms with Crippen LogP contribution in [0.25, 0.3) is 10.8 Å². The molecule has 0 saturated heterocycles. The highest BCUT2D eigenvalue weighted by Crippen LogP contribution is 2.24. The zero-order valence-corrected chi connectivity index (χ0v) is 17.7. The van der Waals surface area contributed by atoms with Gasteiger partial charge in [-0.2, -0.15) is 0 Å². The van der Waals surface area contributed by atoms with Gasteiger partial charge in [-0.25, -0.2) is 8.78 Å². The molecule has 0 aliphatic heterocycles. The van der Waals surface area contributed by atoms with Crippen LogP contribution >= 0.6 is 0 Å². The highest BCUT2D eigenvalue weighted by atomic mass is 19.1. The summed E-state index contributed by atoms with van der Waals surface area (Å²) in [5.41, 5.74) is 5.35. The van der Waals surface area contributed by atoms with Crippen LogP contribution < -0.4 is 0 Å². The summed E-state index contributed by atoms with van der Waals surface area (Å²) < 4.78 is 33.3. The molecular formula is C28H26F2O. The van der Waals surface area contributed by atoms with Gasteiger partial charge in [0.25, 0.3) is 0 Å². The van der Waals surface area contributed by atoms with Crippen molar-refractivity contribution in [3.05, 3.63) is 118 Å². The van der Waals surface area contributed by atoms with Crippen molar-refractivity contribution in [2.45, 2.75) is 32.3 Å². The molecule has 0 spiro atoms. The summed E-state index contributed by atoms with van der Waals surface area (Å²) in [7, 11) is 1.70. The monoisotopic (exact) mass is 416 g/mol. The van der Waals surface area contributed by atoms with E-state index in [9.17, 15) is 4.39 Å². The Morgan fingerprint density at radius 3 is 1.90 bits per heavy atom. The molecule has 0 heterocycles. The number of ether oxygens (including phenoxy) is 1. The molecule has 0 atom stereocenters. The van der Waals surface area contributed by atoms with Gasteiger partial charge in [0, 0.05) is 12.5 Å². The van der Waals surface area contributed by atoms with E-state index in [4.69, 9.17) is 4.74 Å². The third-order valence-electron chi connectivity index (χ3n) is 5.73. The Balaban J connectivity index is 1.43. The van der Waals surface area contributed by atoms with Gasteiger partial charge in [0.1, 0.15) is 11.6 Å². The molecule has 0 amide bonds. The average Bonchev–Trinajstić information content (AvgIpc) is 2.79. The van der Waals surface area contributed by atoms with E-state index in [-0.39, 0.29) is 11.6 Å². The Bertz CT molecular complexity index is 1150. The van der Waals surface area contributed by atoms with Crippen molar-refractivity contribution in [2.24, 2.45) is 0 Å². The second-order valence-electron chi connectivity index (χ2n) is 7.97. The number of hydrogen-bond acceptors (Lipinski definition) is 1. The van der Waals surface area contributed by atoms with Crippen LogP contribution in [0.5, 0.6) is 0 Å². The van der Waals surface area contributed by atoms with Crippen LogP contribution in [0.2, 0.25) is 0 Å². The summed E-state index contributed by atoms with van der Waals surface area (Å²) in [6.07, 6.45) is 3.13. The first-order valence-corrected chi connectivity index (χ1v) is 10.6. The van der Waals surface area contributed by atoms with Gasteiger partial charge in [-0.05, 0) is 71.0 Å². The molecule has 4 rings (SSSR count). The number of rotatable bonds is 8. The summed E-state index contributed by atoms with van der Waals surface area (Å²) in [6.45, 7) is 0.627. The van der Waals surface area contributed by atoms with Crippen LogP contribution in [-0.2, 0) is 37.0 Å². The van der Waals surface area contributed by atoms with Gasteiger partial charge in [0.05, 0.1) is 6.61 Å². The summed E-state index contributed by atoms with van der Waals surface area (Å²) in [5, 5.41) is 1.58. The highest BCUT2D eigenvalue weighted by Gasteiger charge is 2.09. The van der Waals surface area contributed by atoms with E-state index in [1.165, 1.54) is 28.8 Å². The fraction of sp³-hybridized carbons (Fsp3) is 0.214. The van der Waals surface area contributed by atoms with Gasteiger partial charge in [-0.3, -0.25) is 0 Å². The molecule has 0 radical (unpaired) electrons. The highest BCUT2D eigenvalue weighted by molar-refractivity contribution is 5.84. The molecule has 0 fully saturated rings. The summed E-state index contributed by atoms with van der Waals surface area (Å²) >= 11 is 0. The van der Waals surface area contributed by atoms with Gasteiger partial charge in [0.2, 0.25) is 0 Å². The molecule has 0 unspecified atom stereocenters. The van der Waals surface area contributed by atoms with Gasteiger partial charge in [-0.1, -0.05) is 66.7 Å². The largest absolute Gasteiger partial charge is 0.380 e. The molecule has 0 saturated carbocycles. The minimum atomic E-state index is -0.250. The van der Waals surface area contributed by atoms with Crippen molar-refractivity contribution in [1.29, 1.82) is 0 Å². The Morgan fingerprint density at radius 2 is 1.19 bits per heavy atom. The van der Waals surface area contributed by atoms with E-state index in [1.807, 2.05) is 24.3 Å². The molecule has 0 bridgehead atoms. The maximum Gasteiger partial charge on any atom is 0.134 e. The van der Waals surface area contributed by atoms with Crippen molar-refractivity contribution >= 4 is 10.8 Å². The molecule has 1 nitrogen and oxygen atoms in total. The summed E-state index contributed by atoms with van der Waals surface area (Å²) in [6, 6.07) is 24.8. The third-order valence-corrected chi connectivity index (χ3v) is 5.73. The summed E-state index contributed by atoms with van der Waals surface area (Å²) in [4.78, 5) is 0. The molecule has 0 aliphatic carbocycles. The van der Waals surface area contributed by atoms with E-state index in [0.717, 1.165) is 23.8 Å². The average molecular weight is 417 g/mol. The number of aryl methyl sites for hydroxylation is 4. The quantitative estimate of drug-likeness (QED) is 0.306. The zero-order chi connectivity index (χ0) is 21.6. The van der Waals surface area contributed by atoms with Crippen molar-refractivity contribution in [1.82, 2.24) is 0 Å². The van der Waals surface area contributed by atoms with Gasteiger partial charge in [-0.15, -0.1) is 0 Å². The number of benzene rings is 4. The third kappa shape index (κ3) is 5.36. The molecule has 3 heteroatoms. The number of hydrogen-bond donors (Lipinski definition) is 0. The maximum absolute atomic E-state index is 15.0. The Kier molecular flexibility index (Phi) is 6.73. The second-order valence-corrected chi connectivity index (χ2v) is 7.97. The first kappa shape index (κ1) is 21.2. The van der Waals surface area contributed by atoms with Crippen molar-refractivity contribution in [3.8, 4) is 0 Å². The van der Waals surface area contributed by atoms with Crippen LogP contribution in [0.3, 0.4) is 0 Å². The fourth-order valence-electron chi connectivity index (χ4n) is 3.92. The van der Waals surface area contributed by atoms with Crippen LogP contribution in [0.1, 0.15) is 27.8 Å². The van der Waals surface area contributed by atoms with Crippen LogP contribution in [0.15, 0.2) is 78.9 Å². The fourth-order valence-corrected chi connectivity index (χ4v) is 3.92. The van der Waals surface area contributed by atoms with Crippen molar-refractivity contribution in [2.75, 3.05) is 7.11 Å². The summed E-state index contributed by atoms with van der Waals surface area (Å²) in [5.74, 6) is -0.403. The van der Waals surface area contributed by atoms with Gasteiger partial charge >= 0.3 is 0 Å². The predicted molar refractivity (Wildman–Crippen MR) is 122 cm³/mol. The van der Waals surface area contributed by atoms with E-state index in [1.54, 1.807) is 19.2 Å². The maximum atomic E-state index is 15.0. The van der Waals surface area contributed by atoms with Crippen LogP contribution in [-0.4, -0.2) is 7.11 Å². The second kappa shape index (κ2) is 9.84. The van der Waals surface area contributed by atoms with Crippen LogP contribution in [0.4, 0.5) is 8.78 Å². The van der Waals surface area contributed by atoms with E-state index < -0.39 is 0 Å². The van der Waals surface area contributed by atoms with E-state index in [0.29, 0.717) is 30.4 Å². The van der Waals surface area contributed by atoms with Gasteiger partial charge < -0.3 is 4.74 Å². The Labute approximate surface area is 182 Å². The first-order chi connectivity index (χ1) is 15.1. The molecule has 31 heavy (non-hydrogen) atoms. The number of fused-ring (bicyclic) bond motifs is 1. The topological polar surface area (TPSA) is 9.23 Å². The SMILES string of the molecule is COCc1ccc(CCc2ccc3c(F)c(CCc4ccc(F)cc4)ccc3c2)cc1. The Morgan fingerprint density at radius 1 is 0.613 bits per heavy atom. The van der Waals surface area contributed by atoms with Crippen LogP contribution in [0, 0.1) is 11.6 Å². The minimum absolute atomic E-state index is 0.153. The van der Waals surface area contributed by atoms with E-state index >= 15 is 4.39 Å². The Hall–Kier alpha value is -3.04. The number of halogens is 2. The smallest absolute Gasteiger partial charge is 0.134 e. The lowest BCUT2D eigenvalue weighted by Crippen LogP contribution is -1.97. The first-order valence-electron chi connectivity index (χ1n) is 10.6. The zero-order valence-electron chi connectivity index (χ0n) is 17.7. The standard InChI is InChI=1S/C28H26F2O/c1-31-19-23-6-3-20(4-7-23)2-5-22-11-17-27-25(18-22)14-13-24(28(27)30)12-8-21-9-15-26(29)16-10-21/h3-4,6-7,9-11,13-18H,2,5,8,12,19H2,1H3. The molecule has 0 N–H and O–H groups in total. The molecule has 4 aromatic carbocycles. The number of methoxy groups -OCH3 is 1. The van der Waals surface area contributed by atoms with E-state index in [2.05, 4.69) is 30.3 Å². The predicted octanol–water partition coefficient (Wildman–Crippen LogP) is 6.83. The van der Waals surface area contributed by atoms with Gasteiger partial charge in [0.15, 0.2) is 0 Å². The molecular weight excluding hydrogens is 390 g/mol. The minimum Gasteiger partial charge on any atom is -0.380 e.